The van der Waals surface area contributed by atoms with Crippen LogP contribution in [0.5, 0.6) is 0 Å². The van der Waals surface area contributed by atoms with E-state index in [0.29, 0.717) is 19.0 Å². The second-order valence-corrected chi connectivity index (χ2v) is 8.26. The van der Waals surface area contributed by atoms with Gasteiger partial charge in [0, 0.05) is 69.1 Å². The summed E-state index contributed by atoms with van der Waals surface area (Å²) in [4.78, 5) is 40.6. The highest BCUT2D eigenvalue weighted by molar-refractivity contribution is 5.93. The molecule has 1 N–H and O–H groups in total. The lowest BCUT2D eigenvalue weighted by molar-refractivity contribution is 0.0950. The molecule has 1 amide bonds. The zero-order valence-corrected chi connectivity index (χ0v) is 17.2. The van der Waals surface area contributed by atoms with Gasteiger partial charge in [0.05, 0.1) is 12.5 Å². The van der Waals surface area contributed by atoms with Crippen LogP contribution in [-0.2, 0) is 13.1 Å². The number of carbonyl (C=O) groups excluding carboxylic acids is 1. The number of aryl methyl sites for hydroxylation is 1. The van der Waals surface area contributed by atoms with E-state index in [1.165, 1.54) is 0 Å². The molecule has 3 aromatic heterocycles. The highest BCUT2D eigenvalue weighted by atomic mass is 16.2. The second-order valence-electron chi connectivity index (χ2n) is 8.26. The number of imidazole rings is 1. The Morgan fingerprint density at radius 1 is 1.13 bits per heavy atom. The van der Waals surface area contributed by atoms with Crippen molar-refractivity contribution in [3.8, 4) is 0 Å². The Balaban J connectivity index is 1.28. The molecule has 5 rings (SSSR count). The van der Waals surface area contributed by atoms with Crippen LogP contribution >= 0.6 is 0 Å². The number of nitrogens with one attached hydrogen (secondary N) is 1. The van der Waals surface area contributed by atoms with E-state index in [4.69, 9.17) is 0 Å². The third-order valence-corrected chi connectivity index (χ3v) is 6.16. The molecule has 0 radical (unpaired) electrons. The predicted octanol–water partition coefficient (Wildman–Crippen LogP) is 1.28. The SMILES string of the molecule is O=C(NCCCn1ccnc1)c1ccc2n(c1=O)C[C@H]1C[C@@H]2CN(c2cnccn2)C1. The predicted molar refractivity (Wildman–Crippen MR) is 115 cm³/mol. The summed E-state index contributed by atoms with van der Waals surface area (Å²) in [6, 6.07) is 3.63. The average molecular weight is 419 g/mol. The molecular formula is C22H25N7O2. The fraction of sp³-hybridized carbons (Fsp3) is 0.409. The van der Waals surface area contributed by atoms with Crippen molar-refractivity contribution in [3.05, 3.63) is 71.1 Å². The minimum atomic E-state index is -0.303. The van der Waals surface area contributed by atoms with Crippen LogP contribution in [0.1, 0.15) is 34.8 Å². The van der Waals surface area contributed by atoms with E-state index in [9.17, 15) is 9.59 Å². The standard InChI is InChI=1S/C22H25N7O2/c30-21(26-4-1-8-27-9-7-24-15-27)18-2-3-19-17-10-16(13-29(19)22(18)31)12-28(14-17)20-11-23-5-6-25-20/h2-3,5-7,9,11,15-17H,1,4,8,10,12-14H2,(H,26,30)/t16-,17+/m0/s1. The molecule has 0 saturated carbocycles. The van der Waals surface area contributed by atoms with Gasteiger partial charge in [-0.25, -0.2) is 9.97 Å². The second kappa shape index (κ2) is 8.33. The summed E-state index contributed by atoms with van der Waals surface area (Å²) >= 11 is 0. The van der Waals surface area contributed by atoms with Crippen LogP contribution in [0.25, 0.3) is 0 Å². The molecule has 2 aliphatic heterocycles. The van der Waals surface area contributed by atoms with Gasteiger partial charge in [-0.2, -0.15) is 0 Å². The number of nitrogens with zero attached hydrogens (tertiary/aromatic N) is 6. The van der Waals surface area contributed by atoms with Gasteiger partial charge in [-0.1, -0.05) is 0 Å². The molecule has 2 atom stereocenters. The molecule has 5 heterocycles. The Morgan fingerprint density at radius 3 is 2.87 bits per heavy atom. The number of fused-ring (bicyclic) bond motifs is 4. The van der Waals surface area contributed by atoms with Crippen molar-refractivity contribution in [1.29, 1.82) is 0 Å². The first kappa shape index (κ1) is 19.5. The lowest BCUT2D eigenvalue weighted by Crippen LogP contribution is -2.48. The third kappa shape index (κ3) is 3.95. The maximum atomic E-state index is 13.1. The Hall–Kier alpha value is -3.49. The monoisotopic (exact) mass is 419 g/mol. The maximum absolute atomic E-state index is 13.1. The molecule has 2 bridgehead atoms. The molecule has 9 heteroatoms. The zero-order chi connectivity index (χ0) is 21.2. The maximum Gasteiger partial charge on any atom is 0.263 e. The normalized spacial score (nSPS) is 19.7. The lowest BCUT2D eigenvalue weighted by atomic mass is 9.83. The highest BCUT2D eigenvalue weighted by Crippen LogP contribution is 2.36. The minimum Gasteiger partial charge on any atom is -0.354 e. The van der Waals surface area contributed by atoms with Crippen molar-refractivity contribution in [1.82, 2.24) is 29.4 Å². The van der Waals surface area contributed by atoms with Gasteiger partial charge >= 0.3 is 0 Å². The summed E-state index contributed by atoms with van der Waals surface area (Å²) in [6.45, 7) is 3.55. The molecule has 1 saturated heterocycles. The molecule has 9 nitrogen and oxygen atoms in total. The van der Waals surface area contributed by atoms with Crippen molar-refractivity contribution < 1.29 is 4.79 Å². The van der Waals surface area contributed by atoms with E-state index in [1.54, 1.807) is 37.2 Å². The lowest BCUT2D eigenvalue weighted by Gasteiger charge is -2.43. The first-order chi connectivity index (χ1) is 15.2. The number of hydrogen-bond donors (Lipinski definition) is 1. The molecule has 2 aliphatic rings. The summed E-state index contributed by atoms with van der Waals surface area (Å²) in [5.74, 6) is 1.16. The van der Waals surface area contributed by atoms with Gasteiger partial charge in [-0.05, 0) is 30.9 Å². The van der Waals surface area contributed by atoms with Crippen LogP contribution in [0.3, 0.4) is 0 Å². The first-order valence-corrected chi connectivity index (χ1v) is 10.7. The van der Waals surface area contributed by atoms with Crippen LogP contribution in [0.2, 0.25) is 0 Å². The fourth-order valence-electron chi connectivity index (χ4n) is 4.74. The number of aromatic nitrogens is 5. The zero-order valence-electron chi connectivity index (χ0n) is 17.2. The molecule has 31 heavy (non-hydrogen) atoms. The van der Waals surface area contributed by atoms with E-state index >= 15 is 0 Å². The topological polar surface area (TPSA) is 97.9 Å². The van der Waals surface area contributed by atoms with Crippen LogP contribution in [0.4, 0.5) is 5.82 Å². The van der Waals surface area contributed by atoms with Gasteiger partial charge in [-0.3, -0.25) is 14.6 Å². The molecule has 0 aromatic carbocycles. The molecule has 3 aromatic rings. The molecule has 0 aliphatic carbocycles. The fourth-order valence-corrected chi connectivity index (χ4v) is 4.74. The van der Waals surface area contributed by atoms with Gasteiger partial charge in [0.25, 0.3) is 11.5 Å². The summed E-state index contributed by atoms with van der Waals surface area (Å²) in [5, 5.41) is 2.88. The largest absolute Gasteiger partial charge is 0.354 e. The quantitative estimate of drug-likeness (QED) is 0.605. The number of piperidine rings is 1. The minimum absolute atomic E-state index is 0.188. The van der Waals surface area contributed by atoms with E-state index in [2.05, 4.69) is 25.2 Å². The average Bonchev–Trinajstić information content (AvgIpc) is 3.31. The Labute approximate surface area is 179 Å². The summed E-state index contributed by atoms with van der Waals surface area (Å²) in [5.41, 5.74) is 1.04. The third-order valence-electron chi connectivity index (χ3n) is 6.16. The first-order valence-electron chi connectivity index (χ1n) is 10.7. The van der Waals surface area contributed by atoms with Gasteiger partial charge in [0.1, 0.15) is 11.4 Å². The smallest absolute Gasteiger partial charge is 0.263 e. The van der Waals surface area contributed by atoms with Gasteiger partial charge in [0.2, 0.25) is 0 Å². The molecule has 0 unspecified atom stereocenters. The van der Waals surface area contributed by atoms with Gasteiger partial charge in [-0.15, -0.1) is 0 Å². The number of pyridine rings is 1. The Bertz CT molecular complexity index is 1110. The molecular weight excluding hydrogens is 394 g/mol. The van der Waals surface area contributed by atoms with Crippen molar-refractivity contribution in [2.75, 3.05) is 24.5 Å². The Morgan fingerprint density at radius 2 is 2.06 bits per heavy atom. The summed E-state index contributed by atoms with van der Waals surface area (Å²) < 4.78 is 3.77. The number of carbonyl (C=O) groups is 1. The number of rotatable bonds is 6. The van der Waals surface area contributed by atoms with Crippen LogP contribution in [-0.4, -0.2) is 49.6 Å². The number of anilines is 1. The van der Waals surface area contributed by atoms with Crippen molar-refractivity contribution in [3.63, 3.8) is 0 Å². The van der Waals surface area contributed by atoms with Crippen LogP contribution < -0.4 is 15.8 Å². The molecule has 0 spiro atoms. The van der Waals surface area contributed by atoms with Gasteiger partial charge in [0.15, 0.2) is 0 Å². The van der Waals surface area contributed by atoms with Crippen molar-refractivity contribution in [2.45, 2.75) is 31.8 Å². The van der Waals surface area contributed by atoms with E-state index in [-0.39, 0.29) is 22.9 Å². The summed E-state index contributed by atoms with van der Waals surface area (Å²) in [7, 11) is 0. The highest BCUT2D eigenvalue weighted by Gasteiger charge is 2.35. The van der Waals surface area contributed by atoms with E-state index in [1.807, 2.05) is 21.4 Å². The van der Waals surface area contributed by atoms with E-state index < -0.39 is 0 Å². The van der Waals surface area contributed by atoms with Gasteiger partial charge < -0.3 is 19.4 Å². The number of amides is 1. The van der Waals surface area contributed by atoms with Crippen molar-refractivity contribution >= 4 is 11.7 Å². The molecule has 1 fully saturated rings. The van der Waals surface area contributed by atoms with Crippen molar-refractivity contribution in [2.24, 2.45) is 5.92 Å². The number of hydrogen-bond acceptors (Lipinski definition) is 6. The van der Waals surface area contributed by atoms with E-state index in [0.717, 1.165) is 44.0 Å². The van der Waals surface area contributed by atoms with Crippen LogP contribution in [0.15, 0.2) is 54.2 Å². The molecule has 160 valence electrons. The summed E-state index contributed by atoms with van der Waals surface area (Å²) in [6.07, 6.45) is 12.4. The Kier molecular flexibility index (Phi) is 5.23. The van der Waals surface area contributed by atoms with Crippen LogP contribution in [0, 0.1) is 5.92 Å².